The summed E-state index contributed by atoms with van der Waals surface area (Å²) in [6.45, 7) is 4.48. The minimum absolute atomic E-state index is 0.102. The van der Waals surface area contributed by atoms with E-state index in [4.69, 9.17) is 4.52 Å². The molecule has 13 heteroatoms. The fourth-order valence-electron chi connectivity index (χ4n) is 4.96. The molecule has 40 heavy (non-hydrogen) atoms. The maximum absolute atomic E-state index is 13.4. The second-order valence-corrected chi connectivity index (χ2v) is 10.6. The zero-order chi connectivity index (χ0) is 28.0. The van der Waals surface area contributed by atoms with Crippen molar-refractivity contribution in [1.82, 2.24) is 34.5 Å². The van der Waals surface area contributed by atoms with Crippen LogP contribution < -0.4 is 11.0 Å². The van der Waals surface area contributed by atoms with Gasteiger partial charge in [-0.15, -0.1) is 11.3 Å². The average molecular weight is 559 g/mol. The number of nitrogens with zero attached hydrogens (tertiary/aromatic N) is 7. The molecule has 0 bridgehead atoms. The lowest BCUT2D eigenvalue weighted by atomic mass is 9.96. The predicted molar refractivity (Wildman–Crippen MR) is 148 cm³/mol. The molecule has 1 aliphatic heterocycles. The molecule has 1 N–H and O–H groups in total. The average Bonchev–Trinajstić information content (AvgIpc) is 3.69. The largest absolute Gasteiger partial charge is 0.360 e. The molecule has 12 nitrogen and oxygen atoms in total. The summed E-state index contributed by atoms with van der Waals surface area (Å²) in [5.41, 5.74) is 4.63. The van der Waals surface area contributed by atoms with Crippen molar-refractivity contribution in [3.05, 3.63) is 80.1 Å². The van der Waals surface area contributed by atoms with Gasteiger partial charge in [0.05, 0.1) is 5.01 Å². The number of piperidine rings is 1. The summed E-state index contributed by atoms with van der Waals surface area (Å²) >= 11 is 1.40. The van der Waals surface area contributed by atoms with Crippen LogP contribution in [0.2, 0.25) is 0 Å². The van der Waals surface area contributed by atoms with Gasteiger partial charge in [0.1, 0.15) is 33.9 Å². The number of carbonyl (C=O) groups is 2. The van der Waals surface area contributed by atoms with Crippen LogP contribution in [0.25, 0.3) is 22.3 Å². The van der Waals surface area contributed by atoms with Gasteiger partial charge in [0.25, 0.3) is 17.4 Å². The van der Waals surface area contributed by atoms with E-state index >= 15 is 0 Å². The first-order valence-corrected chi connectivity index (χ1v) is 13.7. The van der Waals surface area contributed by atoms with Gasteiger partial charge in [-0.2, -0.15) is 5.10 Å². The van der Waals surface area contributed by atoms with Crippen molar-refractivity contribution in [2.45, 2.75) is 32.6 Å². The number of likely N-dealkylation sites (tertiary alicyclic amines) is 1. The number of amides is 2. The number of hydrogen-bond donors (Lipinski definition) is 1. The highest BCUT2D eigenvalue weighted by molar-refractivity contribution is 7.09. The first kappa shape index (κ1) is 25.6. The van der Waals surface area contributed by atoms with Crippen LogP contribution in [0.15, 0.2) is 51.2 Å². The second-order valence-electron chi connectivity index (χ2n) is 9.75. The number of carbonyl (C=O) groups excluding carboxylic acids is 2. The Morgan fingerprint density at radius 3 is 2.60 bits per heavy atom. The van der Waals surface area contributed by atoms with Crippen LogP contribution in [-0.2, 0) is 7.05 Å². The van der Waals surface area contributed by atoms with E-state index in [1.807, 2.05) is 35.2 Å². The lowest BCUT2D eigenvalue weighted by Gasteiger charge is -2.31. The Kier molecular flexibility index (Phi) is 6.50. The molecule has 1 saturated heterocycles. The summed E-state index contributed by atoms with van der Waals surface area (Å²) < 4.78 is 8.01. The molecule has 4 aromatic heterocycles. The van der Waals surface area contributed by atoms with Crippen LogP contribution in [0, 0.1) is 13.8 Å². The van der Waals surface area contributed by atoms with Crippen molar-refractivity contribution in [2.75, 3.05) is 18.5 Å². The highest BCUT2D eigenvalue weighted by atomic mass is 32.1. The normalized spacial score (nSPS) is 14.1. The third-order valence-electron chi connectivity index (χ3n) is 7.06. The molecule has 0 spiro atoms. The quantitative estimate of drug-likeness (QED) is 0.347. The number of thiazole rings is 1. The number of aryl methyl sites for hydroxylation is 3. The topological polar surface area (TPSA) is 141 Å². The Balaban J connectivity index is 1.13. The van der Waals surface area contributed by atoms with Crippen LogP contribution in [0.1, 0.15) is 56.2 Å². The Bertz CT molecular complexity index is 1790. The molecule has 0 aliphatic carbocycles. The Hall–Kier alpha value is -4.65. The van der Waals surface area contributed by atoms with E-state index in [2.05, 4.69) is 25.6 Å². The summed E-state index contributed by atoms with van der Waals surface area (Å²) in [4.78, 5) is 50.0. The summed E-state index contributed by atoms with van der Waals surface area (Å²) in [5.74, 6) is 0.326. The van der Waals surface area contributed by atoms with E-state index in [-0.39, 0.29) is 17.5 Å². The molecule has 2 amide bonds. The van der Waals surface area contributed by atoms with Gasteiger partial charge in [0.2, 0.25) is 0 Å². The number of hydrogen-bond acceptors (Lipinski definition) is 9. The molecule has 6 rings (SSSR count). The van der Waals surface area contributed by atoms with Gasteiger partial charge >= 0.3 is 0 Å². The Morgan fingerprint density at radius 1 is 1.10 bits per heavy atom. The third-order valence-corrected chi connectivity index (χ3v) is 8.06. The SMILES string of the molecule is Cc1onc(-c2ccccc2)c1C(=O)N1CCC(c2nc(C(=O)Nn3c(C)nc4nn(C)cc4c3=O)cs2)CC1. The van der Waals surface area contributed by atoms with Crippen LogP contribution >= 0.6 is 11.3 Å². The minimum Gasteiger partial charge on any atom is -0.360 e. The highest BCUT2D eigenvalue weighted by Gasteiger charge is 2.31. The van der Waals surface area contributed by atoms with Crippen molar-refractivity contribution in [2.24, 2.45) is 7.05 Å². The number of benzene rings is 1. The molecule has 5 heterocycles. The molecule has 204 valence electrons. The Morgan fingerprint density at radius 2 is 1.85 bits per heavy atom. The first-order valence-electron chi connectivity index (χ1n) is 12.8. The molecular formula is C27H26N8O4S. The molecule has 5 aromatic rings. The van der Waals surface area contributed by atoms with Gasteiger partial charge in [0, 0.05) is 43.2 Å². The van der Waals surface area contributed by atoms with Gasteiger partial charge < -0.3 is 9.42 Å². The molecule has 0 unspecified atom stereocenters. The van der Waals surface area contributed by atoms with E-state index < -0.39 is 11.5 Å². The van der Waals surface area contributed by atoms with Gasteiger partial charge in [-0.3, -0.25) is 24.5 Å². The van der Waals surface area contributed by atoms with Gasteiger partial charge in [-0.05, 0) is 26.7 Å². The molecule has 0 saturated carbocycles. The van der Waals surface area contributed by atoms with Crippen LogP contribution in [0.3, 0.4) is 0 Å². The summed E-state index contributed by atoms with van der Waals surface area (Å²) in [6.07, 6.45) is 2.99. The smallest absolute Gasteiger partial charge is 0.289 e. The van der Waals surface area contributed by atoms with E-state index in [1.165, 1.54) is 16.0 Å². The van der Waals surface area contributed by atoms with Crippen molar-refractivity contribution >= 4 is 34.2 Å². The van der Waals surface area contributed by atoms with Gasteiger partial charge in [-0.25, -0.2) is 14.6 Å². The van der Waals surface area contributed by atoms with Crippen molar-refractivity contribution < 1.29 is 14.1 Å². The monoisotopic (exact) mass is 558 g/mol. The fraction of sp³-hybridized carbons (Fsp3) is 0.296. The maximum Gasteiger partial charge on any atom is 0.289 e. The third kappa shape index (κ3) is 4.57. The standard InChI is InChI=1S/C27H26N8O4S/c1-15-21(22(32-39-15)17-7-5-4-6-8-17)27(38)34-11-9-18(10-12-34)25-29-20(14-40-25)24(36)31-35-16(2)28-23-19(26(35)37)13-33(3)30-23/h4-8,13-14,18H,9-12H2,1-3H3,(H,31,36). The van der Waals surface area contributed by atoms with E-state index in [0.717, 1.165) is 15.2 Å². The predicted octanol–water partition coefficient (Wildman–Crippen LogP) is 3.26. The second kappa shape index (κ2) is 10.2. The Labute approximate surface area is 232 Å². The number of nitrogens with one attached hydrogen (secondary N) is 1. The van der Waals surface area contributed by atoms with E-state index in [1.54, 1.807) is 32.5 Å². The lowest BCUT2D eigenvalue weighted by Crippen LogP contribution is -2.38. The molecule has 1 aliphatic rings. The molecule has 1 fully saturated rings. The number of aromatic nitrogens is 6. The zero-order valence-electron chi connectivity index (χ0n) is 22.1. The molecular weight excluding hydrogens is 532 g/mol. The summed E-state index contributed by atoms with van der Waals surface area (Å²) in [6, 6.07) is 9.52. The first-order chi connectivity index (χ1) is 19.3. The summed E-state index contributed by atoms with van der Waals surface area (Å²) in [5, 5.41) is 11.1. The van der Waals surface area contributed by atoms with Crippen molar-refractivity contribution in [3.63, 3.8) is 0 Å². The molecule has 0 radical (unpaired) electrons. The van der Waals surface area contributed by atoms with Crippen LogP contribution in [0.4, 0.5) is 0 Å². The van der Waals surface area contributed by atoms with Crippen molar-refractivity contribution in [1.29, 1.82) is 0 Å². The molecule has 1 aromatic carbocycles. The van der Waals surface area contributed by atoms with Crippen LogP contribution in [0.5, 0.6) is 0 Å². The highest BCUT2D eigenvalue weighted by Crippen LogP contribution is 2.33. The van der Waals surface area contributed by atoms with Crippen molar-refractivity contribution in [3.8, 4) is 11.3 Å². The zero-order valence-corrected chi connectivity index (χ0v) is 22.9. The maximum atomic E-state index is 13.4. The van der Waals surface area contributed by atoms with Gasteiger partial charge in [0.15, 0.2) is 5.65 Å². The van der Waals surface area contributed by atoms with Crippen LogP contribution in [-0.4, -0.2) is 59.4 Å². The number of fused-ring (bicyclic) bond motifs is 1. The minimum atomic E-state index is -0.498. The number of rotatable bonds is 5. The van der Waals surface area contributed by atoms with E-state index in [0.29, 0.717) is 59.8 Å². The fourth-order valence-corrected chi connectivity index (χ4v) is 5.93. The van der Waals surface area contributed by atoms with Gasteiger partial charge in [-0.1, -0.05) is 35.5 Å². The molecule has 0 atom stereocenters. The lowest BCUT2D eigenvalue weighted by molar-refractivity contribution is 0.0711. The summed E-state index contributed by atoms with van der Waals surface area (Å²) in [7, 11) is 1.70. The van der Waals surface area contributed by atoms with E-state index in [9.17, 15) is 14.4 Å².